The van der Waals surface area contributed by atoms with E-state index in [9.17, 15) is 9.90 Å². The van der Waals surface area contributed by atoms with Crippen LogP contribution in [0.1, 0.15) is 107 Å². The van der Waals surface area contributed by atoms with Crippen LogP contribution in [0.25, 0.3) is 11.1 Å². The Morgan fingerprint density at radius 2 is 1.31 bits per heavy atom. The molecule has 0 fully saturated rings. The SMILES string of the molecule is CCCCCCCCOc1ccc(-c2cccc(CCCOCCCCCCC)c2C(=O)O)cc1. The standard InChI is InChI=1S/C31H46O4/c1-3-5-7-9-11-13-25-35-28-21-19-26(20-22-28)29-18-14-16-27(30(29)31(32)33)17-15-24-34-23-12-10-8-6-4-2/h14,16,18-22H,3-13,15,17,23-25H2,1-2H3,(H,32,33). The van der Waals surface area contributed by atoms with Gasteiger partial charge in [0.05, 0.1) is 12.2 Å². The van der Waals surface area contributed by atoms with E-state index in [1.54, 1.807) is 0 Å². The number of carbonyl (C=O) groups is 1. The van der Waals surface area contributed by atoms with Gasteiger partial charge >= 0.3 is 5.97 Å². The monoisotopic (exact) mass is 482 g/mol. The number of carboxylic acid groups (broad SMARTS) is 1. The molecule has 4 nitrogen and oxygen atoms in total. The molecule has 35 heavy (non-hydrogen) atoms. The molecule has 2 rings (SSSR count). The Morgan fingerprint density at radius 1 is 0.714 bits per heavy atom. The third-order valence-electron chi connectivity index (χ3n) is 6.42. The van der Waals surface area contributed by atoms with Gasteiger partial charge in [0.25, 0.3) is 0 Å². The van der Waals surface area contributed by atoms with Crippen molar-refractivity contribution in [1.29, 1.82) is 0 Å². The largest absolute Gasteiger partial charge is 0.494 e. The van der Waals surface area contributed by atoms with Crippen molar-refractivity contribution in [3.63, 3.8) is 0 Å². The lowest BCUT2D eigenvalue weighted by Gasteiger charge is -2.13. The highest BCUT2D eigenvalue weighted by molar-refractivity contribution is 5.97. The lowest BCUT2D eigenvalue weighted by Crippen LogP contribution is -2.07. The molecule has 0 unspecified atom stereocenters. The predicted molar refractivity (Wildman–Crippen MR) is 146 cm³/mol. The van der Waals surface area contributed by atoms with Gasteiger partial charge in [0.1, 0.15) is 5.75 Å². The maximum absolute atomic E-state index is 12.2. The highest BCUT2D eigenvalue weighted by Crippen LogP contribution is 2.29. The van der Waals surface area contributed by atoms with Crippen LogP contribution in [-0.4, -0.2) is 30.9 Å². The second kappa shape index (κ2) is 18.0. The van der Waals surface area contributed by atoms with Crippen molar-refractivity contribution in [1.82, 2.24) is 0 Å². The number of rotatable bonds is 20. The van der Waals surface area contributed by atoms with Crippen LogP contribution in [0.5, 0.6) is 5.75 Å². The van der Waals surface area contributed by atoms with Crippen LogP contribution in [0.2, 0.25) is 0 Å². The van der Waals surface area contributed by atoms with Crippen molar-refractivity contribution in [2.75, 3.05) is 19.8 Å². The first-order chi connectivity index (χ1) is 17.2. The van der Waals surface area contributed by atoms with E-state index >= 15 is 0 Å². The van der Waals surface area contributed by atoms with Crippen LogP contribution in [0.4, 0.5) is 0 Å². The Labute approximate surface area is 213 Å². The topological polar surface area (TPSA) is 55.8 Å². The van der Waals surface area contributed by atoms with Gasteiger partial charge in [-0.15, -0.1) is 0 Å². The van der Waals surface area contributed by atoms with E-state index in [1.165, 1.54) is 57.8 Å². The van der Waals surface area contributed by atoms with E-state index in [-0.39, 0.29) is 0 Å². The van der Waals surface area contributed by atoms with Gasteiger partial charge in [0, 0.05) is 13.2 Å². The molecule has 0 heterocycles. The molecule has 2 aromatic carbocycles. The summed E-state index contributed by atoms with van der Waals surface area (Å²) in [5, 5.41) is 9.97. The zero-order chi connectivity index (χ0) is 25.1. The van der Waals surface area contributed by atoms with Gasteiger partial charge in [0.15, 0.2) is 0 Å². The van der Waals surface area contributed by atoms with Gasteiger partial charge in [-0.25, -0.2) is 4.79 Å². The Hall–Kier alpha value is -2.33. The molecule has 0 amide bonds. The summed E-state index contributed by atoms with van der Waals surface area (Å²) in [5.74, 6) is -0.0435. The first-order valence-electron chi connectivity index (χ1n) is 13.8. The molecule has 0 atom stereocenters. The summed E-state index contributed by atoms with van der Waals surface area (Å²) >= 11 is 0. The summed E-state index contributed by atoms with van der Waals surface area (Å²) in [6.45, 7) is 6.64. The second-order valence-corrected chi connectivity index (χ2v) is 9.42. The van der Waals surface area contributed by atoms with Crippen LogP contribution in [0.15, 0.2) is 42.5 Å². The number of carboxylic acids is 1. The molecule has 194 valence electrons. The van der Waals surface area contributed by atoms with E-state index in [4.69, 9.17) is 9.47 Å². The molecule has 0 aliphatic carbocycles. The first kappa shape index (κ1) is 28.9. The zero-order valence-corrected chi connectivity index (χ0v) is 22.0. The number of ether oxygens (including phenoxy) is 2. The molecular formula is C31H46O4. The van der Waals surface area contributed by atoms with Crippen molar-refractivity contribution in [2.24, 2.45) is 0 Å². The number of hydrogen-bond acceptors (Lipinski definition) is 3. The highest BCUT2D eigenvalue weighted by atomic mass is 16.5. The maximum atomic E-state index is 12.2. The Balaban J connectivity index is 1.85. The third-order valence-corrected chi connectivity index (χ3v) is 6.42. The Kier molecular flexibility index (Phi) is 14.9. The van der Waals surface area contributed by atoms with Gasteiger partial charge < -0.3 is 14.6 Å². The summed E-state index contributed by atoms with van der Waals surface area (Å²) in [6.07, 6.45) is 15.1. The fourth-order valence-corrected chi connectivity index (χ4v) is 4.38. The lowest BCUT2D eigenvalue weighted by molar-refractivity contribution is 0.0696. The van der Waals surface area contributed by atoms with E-state index in [1.807, 2.05) is 42.5 Å². The second-order valence-electron chi connectivity index (χ2n) is 9.42. The van der Waals surface area contributed by atoms with Crippen LogP contribution >= 0.6 is 0 Å². The van der Waals surface area contributed by atoms with Gasteiger partial charge in [-0.1, -0.05) is 102 Å². The number of benzene rings is 2. The van der Waals surface area contributed by atoms with Crippen molar-refractivity contribution in [3.05, 3.63) is 53.6 Å². The third kappa shape index (κ3) is 11.3. The zero-order valence-electron chi connectivity index (χ0n) is 22.0. The molecule has 0 aliphatic rings. The molecule has 0 spiro atoms. The molecule has 2 aromatic rings. The van der Waals surface area contributed by atoms with Crippen molar-refractivity contribution >= 4 is 5.97 Å². The fourth-order valence-electron chi connectivity index (χ4n) is 4.38. The number of aryl methyl sites for hydroxylation is 1. The quantitative estimate of drug-likeness (QED) is 0.192. The van der Waals surface area contributed by atoms with Crippen molar-refractivity contribution in [3.8, 4) is 16.9 Å². The van der Waals surface area contributed by atoms with E-state index in [0.29, 0.717) is 18.6 Å². The summed E-state index contributed by atoms with van der Waals surface area (Å²) in [4.78, 5) is 12.2. The summed E-state index contributed by atoms with van der Waals surface area (Å²) in [5.41, 5.74) is 2.92. The van der Waals surface area contributed by atoms with E-state index < -0.39 is 5.97 Å². The van der Waals surface area contributed by atoms with Crippen LogP contribution in [-0.2, 0) is 11.2 Å². The molecule has 0 saturated carbocycles. The predicted octanol–water partition coefficient (Wildman–Crippen LogP) is 8.71. The van der Waals surface area contributed by atoms with Gasteiger partial charge in [-0.05, 0) is 54.5 Å². The Bertz CT molecular complexity index is 828. The van der Waals surface area contributed by atoms with Gasteiger partial charge in [0.2, 0.25) is 0 Å². The number of aromatic carboxylic acids is 1. The molecule has 1 N–H and O–H groups in total. The van der Waals surface area contributed by atoms with Crippen molar-refractivity contribution in [2.45, 2.75) is 97.3 Å². The van der Waals surface area contributed by atoms with Crippen LogP contribution < -0.4 is 4.74 Å². The highest BCUT2D eigenvalue weighted by Gasteiger charge is 2.16. The number of unbranched alkanes of at least 4 members (excludes halogenated alkanes) is 9. The van der Waals surface area contributed by atoms with E-state index in [0.717, 1.165) is 54.9 Å². The average molecular weight is 483 g/mol. The van der Waals surface area contributed by atoms with Gasteiger partial charge in [-0.3, -0.25) is 0 Å². The van der Waals surface area contributed by atoms with Crippen LogP contribution in [0.3, 0.4) is 0 Å². The minimum atomic E-state index is -0.879. The normalized spacial score (nSPS) is 11.0. The maximum Gasteiger partial charge on any atom is 0.336 e. The molecule has 0 bridgehead atoms. The first-order valence-corrected chi connectivity index (χ1v) is 13.8. The number of hydrogen-bond donors (Lipinski definition) is 1. The minimum absolute atomic E-state index is 0.396. The van der Waals surface area contributed by atoms with Crippen molar-refractivity contribution < 1.29 is 19.4 Å². The lowest BCUT2D eigenvalue weighted by atomic mass is 9.93. The summed E-state index contributed by atoms with van der Waals surface area (Å²) < 4.78 is 11.7. The summed E-state index contributed by atoms with van der Waals surface area (Å²) in [6, 6.07) is 13.6. The van der Waals surface area contributed by atoms with Gasteiger partial charge in [-0.2, -0.15) is 0 Å². The fraction of sp³-hybridized carbons (Fsp3) is 0.581. The Morgan fingerprint density at radius 3 is 1.97 bits per heavy atom. The minimum Gasteiger partial charge on any atom is -0.494 e. The molecule has 0 radical (unpaired) electrons. The molecule has 0 aromatic heterocycles. The molecule has 4 heteroatoms. The van der Waals surface area contributed by atoms with E-state index in [2.05, 4.69) is 13.8 Å². The smallest absolute Gasteiger partial charge is 0.336 e. The molecule has 0 saturated heterocycles. The summed E-state index contributed by atoms with van der Waals surface area (Å²) in [7, 11) is 0. The molecule has 0 aliphatic heterocycles. The van der Waals surface area contributed by atoms with Crippen LogP contribution in [0, 0.1) is 0 Å². The molecular weight excluding hydrogens is 436 g/mol. The average Bonchev–Trinajstić information content (AvgIpc) is 2.87.